The maximum Gasteiger partial charge on any atom is 0.167 e. The van der Waals surface area contributed by atoms with E-state index >= 15 is 0 Å². The normalized spacial score (nSPS) is 12.4. The van der Waals surface area contributed by atoms with Gasteiger partial charge in [-0.3, -0.25) is 4.98 Å². The summed E-state index contributed by atoms with van der Waals surface area (Å²) >= 11 is 0. The summed E-state index contributed by atoms with van der Waals surface area (Å²) in [6, 6.07) is 19.8. The second kappa shape index (κ2) is 6.49. The highest BCUT2D eigenvalue weighted by Gasteiger charge is 2.19. The first-order chi connectivity index (χ1) is 12.2. The van der Waals surface area contributed by atoms with Gasteiger partial charge in [0.05, 0.1) is 0 Å². The number of nitrogens with two attached hydrogens (primary N) is 1. The summed E-state index contributed by atoms with van der Waals surface area (Å²) < 4.78 is 5.49. The zero-order valence-electron chi connectivity index (χ0n) is 14.0. The Kier molecular flexibility index (Phi) is 4.04. The second-order valence-electron chi connectivity index (χ2n) is 6.20. The molecule has 2 heterocycles. The van der Waals surface area contributed by atoms with Crippen LogP contribution in [0, 0.1) is 6.92 Å². The van der Waals surface area contributed by atoms with Crippen LogP contribution in [0.2, 0.25) is 0 Å². The lowest BCUT2D eigenvalue weighted by molar-refractivity contribution is 0.459. The molecule has 0 radical (unpaired) electrons. The Hall–Kier alpha value is -2.98. The van der Waals surface area contributed by atoms with Gasteiger partial charge in [-0.25, -0.2) is 0 Å². The van der Waals surface area contributed by atoms with E-state index < -0.39 is 0 Å². The first-order valence-electron chi connectivity index (χ1n) is 8.34. The molecule has 0 saturated heterocycles. The van der Waals surface area contributed by atoms with Gasteiger partial charge in [0.1, 0.15) is 5.69 Å². The van der Waals surface area contributed by atoms with Gasteiger partial charge in [0.2, 0.25) is 0 Å². The van der Waals surface area contributed by atoms with Gasteiger partial charge in [-0.1, -0.05) is 41.6 Å². The molecule has 0 unspecified atom stereocenters. The minimum absolute atomic E-state index is 0.165. The molecule has 2 aromatic heterocycles. The number of nitrogens with zero attached hydrogens (tertiary/aromatic N) is 2. The fourth-order valence-corrected chi connectivity index (χ4v) is 3.31. The molecule has 0 aliphatic heterocycles. The summed E-state index contributed by atoms with van der Waals surface area (Å²) in [6.45, 7) is 2.08. The number of aromatic nitrogens is 2. The summed E-state index contributed by atoms with van der Waals surface area (Å²) in [5.74, 6) is 0. The Morgan fingerprint density at radius 3 is 2.68 bits per heavy atom. The van der Waals surface area contributed by atoms with E-state index in [-0.39, 0.29) is 6.04 Å². The van der Waals surface area contributed by atoms with Crippen LogP contribution in [0.3, 0.4) is 0 Å². The molecule has 0 bridgehead atoms. The predicted octanol–water partition coefficient (Wildman–Crippen LogP) is 4.44. The number of fused-ring (bicyclic) bond motifs is 1. The van der Waals surface area contributed by atoms with Gasteiger partial charge in [0, 0.05) is 35.3 Å². The van der Waals surface area contributed by atoms with Gasteiger partial charge in [0.25, 0.3) is 0 Å². The molecule has 2 aromatic carbocycles. The molecule has 25 heavy (non-hydrogen) atoms. The topological polar surface area (TPSA) is 64.9 Å². The Labute approximate surface area is 146 Å². The summed E-state index contributed by atoms with van der Waals surface area (Å²) in [5.41, 5.74) is 12.4. The van der Waals surface area contributed by atoms with Crippen molar-refractivity contribution in [2.75, 3.05) is 0 Å². The van der Waals surface area contributed by atoms with Crippen molar-refractivity contribution in [1.29, 1.82) is 0 Å². The number of para-hydroxylation sites is 1. The first-order valence-corrected chi connectivity index (χ1v) is 8.34. The van der Waals surface area contributed by atoms with E-state index in [1.807, 2.05) is 48.5 Å². The maximum absolute atomic E-state index is 6.58. The quantitative estimate of drug-likeness (QED) is 0.601. The van der Waals surface area contributed by atoms with E-state index in [1.54, 1.807) is 6.20 Å². The van der Waals surface area contributed by atoms with Crippen LogP contribution in [-0.4, -0.2) is 10.1 Å². The number of aryl methyl sites for hydroxylation is 1. The van der Waals surface area contributed by atoms with Crippen molar-refractivity contribution in [2.45, 2.75) is 19.4 Å². The summed E-state index contributed by atoms with van der Waals surface area (Å²) in [6.07, 6.45) is 2.47. The molecule has 124 valence electrons. The van der Waals surface area contributed by atoms with Crippen molar-refractivity contribution in [3.05, 3.63) is 83.7 Å². The monoisotopic (exact) mass is 329 g/mol. The first kappa shape index (κ1) is 15.5. The van der Waals surface area contributed by atoms with E-state index in [4.69, 9.17) is 10.3 Å². The summed E-state index contributed by atoms with van der Waals surface area (Å²) in [5, 5.41) is 5.31. The highest BCUT2D eigenvalue weighted by atomic mass is 16.5. The van der Waals surface area contributed by atoms with E-state index in [2.05, 4.69) is 29.2 Å². The van der Waals surface area contributed by atoms with Gasteiger partial charge in [-0.05, 0) is 42.3 Å². The lowest BCUT2D eigenvalue weighted by atomic mass is 9.90. The van der Waals surface area contributed by atoms with Crippen LogP contribution < -0.4 is 5.73 Å². The smallest absolute Gasteiger partial charge is 0.167 e. The molecule has 2 N–H and O–H groups in total. The SMILES string of the molecule is Cc1cccc(-c2noc3ccccc23)c1[C@@H](N)Cc1ccccn1. The molecule has 0 aliphatic carbocycles. The third-order valence-electron chi connectivity index (χ3n) is 4.48. The van der Waals surface area contributed by atoms with Crippen molar-refractivity contribution >= 4 is 11.0 Å². The van der Waals surface area contributed by atoms with Crippen LogP contribution in [0.25, 0.3) is 22.2 Å². The van der Waals surface area contributed by atoms with Crippen molar-refractivity contribution in [1.82, 2.24) is 10.1 Å². The molecule has 4 heteroatoms. The fourth-order valence-electron chi connectivity index (χ4n) is 3.31. The van der Waals surface area contributed by atoms with Crippen molar-refractivity contribution in [3.8, 4) is 11.3 Å². The third-order valence-corrected chi connectivity index (χ3v) is 4.48. The lowest BCUT2D eigenvalue weighted by Crippen LogP contribution is -2.16. The van der Waals surface area contributed by atoms with E-state index in [0.29, 0.717) is 6.42 Å². The summed E-state index contributed by atoms with van der Waals surface area (Å²) in [4.78, 5) is 4.40. The Morgan fingerprint density at radius 1 is 1.00 bits per heavy atom. The van der Waals surface area contributed by atoms with Gasteiger partial charge >= 0.3 is 0 Å². The average Bonchev–Trinajstić information content (AvgIpc) is 3.06. The molecule has 4 aromatic rings. The predicted molar refractivity (Wildman–Crippen MR) is 99.1 cm³/mol. The number of hydrogen-bond acceptors (Lipinski definition) is 4. The fraction of sp³-hybridized carbons (Fsp3) is 0.143. The zero-order valence-corrected chi connectivity index (χ0v) is 14.0. The molecule has 0 amide bonds. The average molecular weight is 329 g/mol. The second-order valence-corrected chi connectivity index (χ2v) is 6.20. The molecule has 4 nitrogen and oxygen atoms in total. The summed E-state index contributed by atoms with van der Waals surface area (Å²) in [7, 11) is 0. The van der Waals surface area contributed by atoms with E-state index in [9.17, 15) is 0 Å². The molecule has 0 saturated carbocycles. The van der Waals surface area contributed by atoms with Gasteiger partial charge in [-0.15, -0.1) is 0 Å². The van der Waals surface area contributed by atoms with Crippen LogP contribution in [0.15, 0.2) is 71.4 Å². The lowest BCUT2D eigenvalue weighted by Gasteiger charge is -2.18. The Morgan fingerprint density at radius 2 is 1.84 bits per heavy atom. The molecule has 0 fully saturated rings. The van der Waals surface area contributed by atoms with Gasteiger partial charge < -0.3 is 10.3 Å². The Bertz CT molecular complexity index is 1010. The molecule has 1 atom stereocenters. The van der Waals surface area contributed by atoms with E-state index in [0.717, 1.165) is 39.0 Å². The molecule has 0 aliphatic rings. The van der Waals surface area contributed by atoms with Crippen LogP contribution in [0.1, 0.15) is 22.9 Å². The third kappa shape index (κ3) is 2.92. The van der Waals surface area contributed by atoms with Crippen molar-refractivity contribution in [3.63, 3.8) is 0 Å². The van der Waals surface area contributed by atoms with Crippen molar-refractivity contribution < 1.29 is 4.52 Å². The number of benzene rings is 2. The molecule has 0 spiro atoms. The zero-order chi connectivity index (χ0) is 17.2. The molecule has 4 rings (SSSR count). The largest absolute Gasteiger partial charge is 0.356 e. The number of hydrogen-bond donors (Lipinski definition) is 1. The van der Waals surface area contributed by atoms with E-state index in [1.165, 1.54) is 0 Å². The number of pyridine rings is 1. The van der Waals surface area contributed by atoms with Crippen molar-refractivity contribution in [2.24, 2.45) is 5.73 Å². The highest BCUT2D eigenvalue weighted by molar-refractivity contribution is 5.92. The maximum atomic E-state index is 6.58. The van der Waals surface area contributed by atoms with Gasteiger partial charge in [0.15, 0.2) is 5.58 Å². The van der Waals surface area contributed by atoms with Crippen LogP contribution >= 0.6 is 0 Å². The van der Waals surface area contributed by atoms with Gasteiger partial charge in [-0.2, -0.15) is 0 Å². The van der Waals surface area contributed by atoms with Crippen LogP contribution in [0.4, 0.5) is 0 Å². The minimum atomic E-state index is -0.165. The van der Waals surface area contributed by atoms with Crippen LogP contribution in [-0.2, 0) is 6.42 Å². The Balaban J connectivity index is 1.81. The minimum Gasteiger partial charge on any atom is -0.356 e. The standard InChI is InChI=1S/C21H19N3O/c1-14-7-6-10-17(21-16-9-2-3-11-19(16)25-24-21)20(14)18(22)13-15-8-4-5-12-23-15/h2-12,18H,13,22H2,1H3/t18-/m0/s1. The highest BCUT2D eigenvalue weighted by Crippen LogP contribution is 2.34. The molecular weight excluding hydrogens is 310 g/mol. The van der Waals surface area contributed by atoms with Crippen LogP contribution in [0.5, 0.6) is 0 Å². The molecular formula is C21H19N3O. The number of rotatable bonds is 4.